The van der Waals surface area contributed by atoms with E-state index in [0.717, 1.165) is 11.3 Å². The molecular formula is C10H9Cl2NO3S. The molecule has 4 nitrogen and oxygen atoms in total. The Balaban J connectivity index is 1.95. The summed E-state index contributed by atoms with van der Waals surface area (Å²) in [7, 11) is 0. The second kappa shape index (κ2) is 4.84. The minimum atomic E-state index is -0.835. The minimum absolute atomic E-state index is 0.0457. The molecule has 0 bridgehead atoms. The second-order valence-electron chi connectivity index (χ2n) is 3.91. The Labute approximate surface area is 112 Å². The number of aliphatic carboxylic acids is 1. The van der Waals surface area contributed by atoms with Gasteiger partial charge in [-0.1, -0.05) is 23.2 Å². The highest BCUT2D eigenvalue weighted by atomic mass is 35.5. The molecule has 0 aromatic carbocycles. The van der Waals surface area contributed by atoms with Gasteiger partial charge >= 0.3 is 5.97 Å². The van der Waals surface area contributed by atoms with Crippen molar-refractivity contribution in [3.63, 3.8) is 0 Å². The van der Waals surface area contributed by atoms with Crippen molar-refractivity contribution in [2.45, 2.75) is 6.42 Å². The zero-order valence-corrected chi connectivity index (χ0v) is 11.0. The number of hydrogen-bond donors (Lipinski definition) is 1. The first-order valence-electron chi connectivity index (χ1n) is 4.93. The van der Waals surface area contributed by atoms with Crippen LogP contribution in [0.5, 0.6) is 0 Å². The highest BCUT2D eigenvalue weighted by Gasteiger charge is 2.33. The van der Waals surface area contributed by atoms with Crippen LogP contribution in [0, 0.1) is 5.92 Å². The molecule has 1 aromatic rings. The van der Waals surface area contributed by atoms with Crippen LogP contribution >= 0.6 is 34.5 Å². The van der Waals surface area contributed by atoms with Crippen molar-refractivity contribution in [3.05, 3.63) is 20.3 Å². The molecule has 0 saturated carbocycles. The SMILES string of the molecule is O=C(O)CC1CN(C(=O)c2cc(Cl)sc2Cl)C1. The summed E-state index contributed by atoms with van der Waals surface area (Å²) in [5, 5.41) is 8.60. The molecule has 0 spiro atoms. The lowest BCUT2D eigenvalue weighted by Crippen LogP contribution is -2.50. The van der Waals surface area contributed by atoms with Gasteiger partial charge in [-0.2, -0.15) is 0 Å². The number of likely N-dealkylation sites (tertiary alicyclic amines) is 1. The lowest BCUT2D eigenvalue weighted by atomic mass is 9.96. The monoisotopic (exact) mass is 293 g/mol. The van der Waals surface area contributed by atoms with Crippen LogP contribution in [0.25, 0.3) is 0 Å². The smallest absolute Gasteiger partial charge is 0.303 e. The first-order chi connectivity index (χ1) is 7.97. The van der Waals surface area contributed by atoms with E-state index in [2.05, 4.69) is 0 Å². The van der Waals surface area contributed by atoms with Gasteiger partial charge in [-0.05, 0) is 6.07 Å². The maximum absolute atomic E-state index is 11.9. The number of nitrogens with zero attached hydrogens (tertiary/aromatic N) is 1. The van der Waals surface area contributed by atoms with Crippen LogP contribution in [0.4, 0.5) is 0 Å². The summed E-state index contributed by atoms with van der Waals surface area (Å²) in [6.07, 6.45) is 0.0991. The number of carbonyl (C=O) groups excluding carboxylic acids is 1. The summed E-state index contributed by atoms with van der Waals surface area (Å²) >= 11 is 12.8. The quantitative estimate of drug-likeness (QED) is 0.932. The lowest BCUT2D eigenvalue weighted by molar-refractivity contribution is -0.139. The van der Waals surface area contributed by atoms with E-state index in [1.165, 1.54) is 0 Å². The van der Waals surface area contributed by atoms with Gasteiger partial charge in [-0.25, -0.2) is 0 Å². The van der Waals surface area contributed by atoms with Gasteiger partial charge in [0.05, 0.1) is 16.3 Å². The molecule has 0 radical (unpaired) electrons. The molecule has 1 aliphatic rings. The predicted octanol–water partition coefficient (Wildman–Crippen LogP) is 2.60. The van der Waals surface area contributed by atoms with Crippen LogP contribution in [-0.4, -0.2) is 35.0 Å². The van der Waals surface area contributed by atoms with Crippen LogP contribution in [0.3, 0.4) is 0 Å². The van der Waals surface area contributed by atoms with Crippen LogP contribution in [0.1, 0.15) is 16.8 Å². The number of carboxylic acid groups (broad SMARTS) is 1. The first-order valence-corrected chi connectivity index (χ1v) is 6.50. The molecule has 0 atom stereocenters. The van der Waals surface area contributed by atoms with Gasteiger partial charge in [0.1, 0.15) is 4.34 Å². The van der Waals surface area contributed by atoms with E-state index in [4.69, 9.17) is 28.3 Å². The van der Waals surface area contributed by atoms with Gasteiger partial charge in [0.25, 0.3) is 5.91 Å². The van der Waals surface area contributed by atoms with E-state index in [9.17, 15) is 9.59 Å². The van der Waals surface area contributed by atoms with E-state index in [1.807, 2.05) is 0 Å². The average Bonchev–Trinajstić information content (AvgIpc) is 2.49. The van der Waals surface area contributed by atoms with Crippen molar-refractivity contribution in [3.8, 4) is 0 Å². The van der Waals surface area contributed by atoms with Crippen molar-refractivity contribution in [1.82, 2.24) is 4.90 Å². The molecule has 2 heterocycles. The van der Waals surface area contributed by atoms with Crippen LogP contribution in [0.2, 0.25) is 8.67 Å². The van der Waals surface area contributed by atoms with Crippen molar-refractivity contribution >= 4 is 46.4 Å². The molecule has 92 valence electrons. The number of carboxylic acids is 1. The largest absolute Gasteiger partial charge is 0.481 e. The first kappa shape index (κ1) is 12.7. The Morgan fingerprint density at radius 1 is 1.47 bits per heavy atom. The molecule has 7 heteroatoms. The summed E-state index contributed by atoms with van der Waals surface area (Å²) in [6.45, 7) is 0.934. The third kappa shape index (κ3) is 2.73. The molecule has 1 fully saturated rings. The Bertz CT molecular complexity index is 468. The summed E-state index contributed by atoms with van der Waals surface area (Å²) in [5.74, 6) is -0.970. The second-order valence-corrected chi connectivity index (χ2v) is 6.20. The van der Waals surface area contributed by atoms with Crippen molar-refractivity contribution in [2.75, 3.05) is 13.1 Å². The van der Waals surface area contributed by atoms with E-state index < -0.39 is 5.97 Å². The topological polar surface area (TPSA) is 57.6 Å². The van der Waals surface area contributed by atoms with Crippen LogP contribution in [-0.2, 0) is 4.79 Å². The summed E-state index contributed by atoms with van der Waals surface area (Å²) < 4.78 is 0.850. The zero-order valence-electron chi connectivity index (χ0n) is 8.65. The lowest BCUT2D eigenvalue weighted by Gasteiger charge is -2.38. The third-order valence-corrected chi connectivity index (χ3v) is 4.08. The number of thiophene rings is 1. The Morgan fingerprint density at radius 2 is 2.12 bits per heavy atom. The van der Waals surface area contributed by atoms with Crippen molar-refractivity contribution in [1.29, 1.82) is 0 Å². The molecular weight excluding hydrogens is 285 g/mol. The normalized spacial score (nSPS) is 15.8. The molecule has 1 amide bonds. The van der Waals surface area contributed by atoms with Gasteiger partial charge in [-0.3, -0.25) is 9.59 Å². The average molecular weight is 294 g/mol. The van der Waals surface area contributed by atoms with Crippen molar-refractivity contribution < 1.29 is 14.7 Å². The number of hydrogen-bond acceptors (Lipinski definition) is 3. The Kier molecular flexibility index (Phi) is 3.61. The molecule has 2 rings (SSSR count). The molecule has 17 heavy (non-hydrogen) atoms. The standard InChI is InChI=1S/C10H9Cl2NO3S/c11-7-2-6(9(12)17-7)10(16)13-3-5(4-13)1-8(14)15/h2,5H,1,3-4H2,(H,14,15). The molecule has 0 aliphatic carbocycles. The highest BCUT2D eigenvalue weighted by Crippen LogP contribution is 2.33. The minimum Gasteiger partial charge on any atom is -0.481 e. The number of halogens is 2. The van der Waals surface area contributed by atoms with E-state index >= 15 is 0 Å². The molecule has 1 aliphatic heterocycles. The zero-order chi connectivity index (χ0) is 12.6. The number of rotatable bonds is 3. The fourth-order valence-corrected chi connectivity index (χ4v) is 3.22. The highest BCUT2D eigenvalue weighted by molar-refractivity contribution is 7.20. The Morgan fingerprint density at radius 3 is 2.59 bits per heavy atom. The van der Waals surface area contributed by atoms with Crippen LogP contribution in [0.15, 0.2) is 6.07 Å². The molecule has 1 aromatic heterocycles. The number of amides is 1. The Hall–Kier alpha value is -0.780. The van der Waals surface area contributed by atoms with Gasteiger partial charge in [0.2, 0.25) is 0 Å². The van der Waals surface area contributed by atoms with Gasteiger partial charge in [0, 0.05) is 19.0 Å². The van der Waals surface area contributed by atoms with E-state index in [-0.39, 0.29) is 18.2 Å². The predicted molar refractivity (Wildman–Crippen MR) is 66.0 cm³/mol. The van der Waals surface area contributed by atoms with Gasteiger partial charge < -0.3 is 10.0 Å². The summed E-state index contributed by atoms with van der Waals surface area (Å²) in [6, 6.07) is 1.54. The molecule has 0 unspecified atom stereocenters. The summed E-state index contributed by atoms with van der Waals surface area (Å²) in [4.78, 5) is 24.0. The molecule has 1 saturated heterocycles. The summed E-state index contributed by atoms with van der Waals surface area (Å²) in [5.41, 5.74) is 0.399. The fraction of sp³-hybridized carbons (Fsp3) is 0.400. The number of carbonyl (C=O) groups is 2. The molecule has 1 N–H and O–H groups in total. The van der Waals surface area contributed by atoms with Crippen molar-refractivity contribution in [2.24, 2.45) is 5.92 Å². The van der Waals surface area contributed by atoms with Crippen LogP contribution < -0.4 is 0 Å². The van der Waals surface area contributed by atoms with Gasteiger partial charge in [-0.15, -0.1) is 11.3 Å². The maximum Gasteiger partial charge on any atom is 0.303 e. The third-order valence-electron chi connectivity index (χ3n) is 2.59. The maximum atomic E-state index is 11.9. The van der Waals surface area contributed by atoms with E-state index in [1.54, 1.807) is 11.0 Å². The van der Waals surface area contributed by atoms with Gasteiger partial charge in [0.15, 0.2) is 0 Å². The van der Waals surface area contributed by atoms with E-state index in [0.29, 0.717) is 27.3 Å². The fourth-order valence-electron chi connectivity index (χ4n) is 1.77.